The molecular weight excluding hydrogens is 356 g/mol. The average molecular weight is 382 g/mol. The topological polar surface area (TPSA) is 89.6 Å². The summed E-state index contributed by atoms with van der Waals surface area (Å²) >= 11 is 0. The van der Waals surface area contributed by atoms with Gasteiger partial charge in [-0.2, -0.15) is 0 Å². The summed E-state index contributed by atoms with van der Waals surface area (Å²) in [6.07, 6.45) is 3.64. The SMILES string of the molecule is COC(=O)C(C)(C)[C@@H](c1cc(CO)c(C)cn1)c1ccn2c(C)nnc2c1C. The number of carbonyl (C=O) groups excluding carboxylic acids is 1. The summed E-state index contributed by atoms with van der Waals surface area (Å²) in [5.74, 6) is 0.0830. The molecular formula is C21H26N4O3. The number of esters is 1. The standard InChI is InChI=1S/C21H26N4O3/c1-12-10-22-17(9-15(12)11-26)18(21(4,5)20(27)28-6)16-7-8-25-14(3)23-24-19(25)13(16)2/h7-10,18,26H,11H2,1-6H3/t18-/m1/s1. The number of ether oxygens (including phenoxy) is 1. The fraction of sp³-hybridized carbons (Fsp3) is 0.429. The zero-order valence-electron chi connectivity index (χ0n) is 17.1. The highest BCUT2D eigenvalue weighted by Crippen LogP contribution is 2.43. The van der Waals surface area contributed by atoms with Crippen LogP contribution in [-0.4, -0.2) is 37.8 Å². The number of carbonyl (C=O) groups is 1. The van der Waals surface area contributed by atoms with E-state index >= 15 is 0 Å². The Kier molecular flexibility index (Phi) is 5.21. The number of fused-ring (bicyclic) bond motifs is 1. The molecule has 0 aliphatic carbocycles. The third-order valence-electron chi connectivity index (χ3n) is 5.48. The molecule has 0 saturated heterocycles. The van der Waals surface area contributed by atoms with Gasteiger partial charge in [-0.1, -0.05) is 0 Å². The molecule has 3 aromatic rings. The Morgan fingerprint density at radius 3 is 2.64 bits per heavy atom. The third-order valence-corrected chi connectivity index (χ3v) is 5.48. The maximum Gasteiger partial charge on any atom is 0.312 e. The average Bonchev–Trinajstić information content (AvgIpc) is 3.05. The Morgan fingerprint density at radius 1 is 1.29 bits per heavy atom. The first-order chi connectivity index (χ1) is 13.2. The van der Waals surface area contributed by atoms with Crippen molar-refractivity contribution in [1.82, 2.24) is 19.6 Å². The lowest BCUT2D eigenvalue weighted by atomic mass is 9.71. The van der Waals surface area contributed by atoms with Crippen molar-refractivity contribution >= 4 is 11.6 Å². The summed E-state index contributed by atoms with van der Waals surface area (Å²) < 4.78 is 7.02. The lowest BCUT2D eigenvalue weighted by molar-refractivity contribution is -0.151. The number of rotatable bonds is 5. The number of nitrogens with zero attached hydrogens (tertiary/aromatic N) is 4. The number of hydrogen-bond acceptors (Lipinski definition) is 6. The minimum atomic E-state index is -0.887. The van der Waals surface area contributed by atoms with E-state index in [1.807, 2.05) is 57.3 Å². The molecule has 7 heteroatoms. The van der Waals surface area contributed by atoms with Crippen LogP contribution in [0, 0.1) is 26.2 Å². The summed E-state index contributed by atoms with van der Waals surface area (Å²) in [6.45, 7) is 9.38. The second kappa shape index (κ2) is 7.31. The minimum Gasteiger partial charge on any atom is -0.469 e. The van der Waals surface area contributed by atoms with Gasteiger partial charge >= 0.3 is 5.97 Å². The monoisotopic (exact) mass is 382 g/mol. The van der Waals surface area contributed by atoms with Crippen molar-refractivity contribution in [3.63, 3.8) is 0 Å². The molecule has 0 saturated carbocycles. The highest BCUT2D eigenvalue weighted by molar-refractivity contribution is 5.78. The first-order valence-electron chi connectivity index (χ1n) is 9.17. The largest absolute Gasteiger partial charge is 0.469 e. The Bertz CT molecular complexity index is 1040. The third kappa shape index (κ3) is 3.16. The Balaban J connectivity index is 2.28. The van der Waals surface area contributed by atoms with Crippen LogP contribution >= 0.6 is 0 Å². The number of methoxy groups -OCH3 is 1. The van der Waals surface area contributed by atoms with Crippen LogP contribution in [0.2, 0.25) is 0 Å². The van der Waals surface area contributed by atoms with E-state index < -0.39 is 5.41 Å². The molecule has 0 amide bonds. The second-order valence-corrected chi connectivity index (χ2v) is 7.68. The van der Waals surface area contributed by atoms with Crippen molar-refractivity contribution in [2.24, 2.45) is 5.41 Å². The van der Waals surface area contributed by atoms with Gasteiger partial charge in [0, 0.05) is 24.0 Å². The van der Waals surface area contributed by atoms with Crippen molar-refractivity contribution in [3.8, 4) is 0 Å². The van der Waals surface area contributed by atoms with E-state index in [-0.39, 0.29) is 18.5 Å². The molecule has 0 radical (unpaired) electrons. The smallest absolute Gasteiger partial charge is 0.312 e. The highest BCUT2D eigenvalue weighted by atomic mass is 16.5. The fourth-order valence-electron chi connectivity index (χ4n) is 3.74. The van der Waals surface area contributed by atoms with E-state index in [4.69, 9.17) is 4.74 Å². The Hall–Kier alpha value is -2.80. The fourth-order valence-corrected chi connectivity index (χ4v) is 3.74. The van der Waals surface area contributed by atoms with Crippen molar-refractivity contribution in [2.75, 3.05) is 7.11 Å². The van der Waals surface area contributed by atoms with E-state index in [9.17, 15) is 9.90 Å². The van der Waals surface area contributed by atoms with Gasteiger partial charge in [-0.15, -0.1) is 10.2 Å². The van der Waals surface area contributed by atoms with Crippen molar-refractivity contribution in [3.05, 3.63) is 58.3 Å². The highest BCUT2D eigenvalue weighted by Gasteiger charge is 2.42. The zero-order valence-corrected chi connectivity index (χ0v) is 17.1. The summed E-state index contributed by atoms with van der Waals surface area (Å²) in [5, 5.41) is 18.2. The van der Waals surface area contributed by atoms with Crippen LogP contribution in [0.3, 0.4) is 0 Å². The number of pyridine rings is 2. The Morgan fingerprint density at radius 2 is 2.00 bits per heavy atom. The van der Waals surface area contributed by atoms with Crippen LogP contribution in [0.25, 0.3) is 5.65 Å². The number of aliphatic hydroxyl groups is 1. The molecule has 0 bridgehead atoms. The molecule has 0 fully saturated rings. The van der Waals surface area contributed by atoms with Crippen molar-refractivity contribution in [1.29, 1.82) is 0 Å². The first kappa shape index (κ1) is 19.9. The summed E-state index contributed by atoms with van der Waals surface area (Å²) in [6, 6.07) is 3.84. The lowest BCUT2D eigenvalue weighted by Gasteiger charge is -2.33. The molecule has 28 heavy (non-hydrogen) atoms. The van der Waals surface area contributed by atoms with Crippen LogP contribution in [0.15, 0.2) is 24.5 Å². The normalized spacial score (nSPS) is 13.0. The van der Waals surface area contributed by atoms with Gasteiger partial charge in [0.1, 0.15) is 5.82 Å². The van der Waals surface area contributed by atoms with E-state index in [0.717, 1.165) is 33.7 Å². The molecule has 0 aliphatic heterocycles. The minimum absolute atomic E-state index is 0.0892. The first-order valence-corrected chi connectivity index (χ1v) is 9.17. The molecule has 1 atom stereocenters. The van der Waals surface area contributed by atoms with Crippen molar-refractivity contribution in [2.45, 2.75) is 47.1 Å². The maximum absolute atomic E-state index is 12.7. The quantitative estimate of drug-likeness (QED) is 0.683. The number of aryl methyl sites for hydroxylation is 3. The molecule has 0 aromatic carbocycles. The molecule has 0 spiro atoms. The van der Waals surface area contributed by atoms with Gasteiger partial charge in [0.15, 0.2) is 5.65 Å². The zero-order chi connectivity index (χ0) is 20.6. The van der Waals surface area contributed by atoms with Crippen LogP contribution in [0.4, 0.5) is 0 Å². The molecule has 3 heterocycles. The van der Waals surface area contributed by atoms with Crippen LogP contribution in [0.1, 0.15) is 53.5 Å². The molecule has 1 N–H and O–H groups in total. The molecule has 3 aromatic heterocycles. The molecule has 7 nitrogen and oxygen atoms in total. The molecule has 0 unspecified atom stereocenters. The second-order valence-electron chi connectivity index (χ2n) is 7.68. The van der Waals surface area contributed by atoms with Gasteiger partial charge in [0.05, 0.1) is 19.1 Å². The molecule has 148 valence electrons. The van der Waals surface area contributed by atoms with Crippen LogP contribution in [0.5, 0.6) is 0 Å². The molecule has 0 aliphatic rings. The Labute approximate surface area is 164 Å². The summed E-state index contributed by atoms with van der Waals surface area (Å²) in [4.78, 5) is 17.3. The van der Waals surface area contributed by atoms with E-state index in [1.165, 1.54) is 7.11 Å². The van der Waals surface area contributed by atoms with E-state index in [0.29, 0.717) is 5.69 Å². The number of hydrogen-bond donors (Lipinski definition) is 1. The van der Waals surface area contributed by atoms with Gasteiger partial charge in [-0.25, -0.2) is 0 Å². The predicted molar refractivity (Wildman–Crippen MR) is 105 cm³/mol. The van der Waals surface area contributed by atoms with Crippen LogP contribution in [-0.2, 0) is 16.1 Å². The predicted octanol–water partition coefficient (Wildman–Crippen LogP) is 2.87. The van der Waals surface area contributed by atoms with Gasteiger partial charge in [-0.05, 0) is 69.0 Å². The number of aliphatic hydroxyl groups excluding tert-OH is 1. The molecule has 3 rings (SSSR count). The summed E-state index contributed by atoms with van der Waals surface area (Å²) in [7, 11) is 1.39. The lowest BCUT2D eigenvalue weighted by Crippen LogP contribution is -2.34. The number of aromatic nitrogens is 4. The maximum atomic E-state index is 12.7. The van der Waals surface area contributed by atoms with Crippen LogP contribution < -0.4 is 0 Å². The van der Waals surface area contributed by atoms with E-state index in [1.54, 1.807) is 6.20 Å². The van der Waals surface area contributed by atoms with Gasteiger partial charge in [0.2, 0.25) is 0 Å². The summed E-state index contributed by atoms with van der Waals surface area (Å²) in [5.41, 5.74) is 4.10. The van der Waals surface area contributed by atoms with Gasteiger partial charge in [-0.3, -0.25) is 14.2 Å². The van der Waals surface area contributed by atoms with Gasteiger partial charge < -0.3 is 9.84 Å². The van der Waals surface area contributed by atoms with Gasteiger partial charge in [0.25, 0.3) is 0 Å². The van der Waals surface area contributed by atoms with E-state index in [2.05, 4.69) is 15.2 Å². The van der Waals surface area contributed by atoms with Crippen molar-refractivity contribution < 1.29 is 14.6 Å².